The molecule has 110 valence electrons. The van der Waals surface area contributed by atoms with Crippen LogP contribution >= 0.6 is 0 Å². The first-order valence-corrected chi connectivity index (χ1v) is 6.89. The Kier molecular flexibility index (Phi) is 3.91. The van der Waals surface area contributed by atoms with E-state index in [9.17, 15) is 4.79 Å². The van der Waals surface area contributed by atoms with Crippen molar-refractivity contribution in [1.29, 1.82) is 0 Å². The van der Waals surface area contributed by atoms with Crippen LogP contribution in [0.5, 0.6) is 0 Å². The predicted molar refractivity (Wildman–Crippen MR) is 84.4 cm³/mol. The summed E-state index contributed by atoms with van der Waals surface area (Å²) in [6.07, 6.45) is 1.60. The second kappa shape index (κ2) is 6.17. The molecular weight excluding hydrogens is 278 g/mol. The average Bonchev–Trinajstić information content (AvgIpc) is 2.91. The van der Waals surface area contributed by atoms with E-state index in [-0.39, 0.29) is 12.5 Å². The second-order valence-electron chi connectivity index (χ2n) is 4.92. The zero-order chi connectivity index (χ0) is 15.4. The van der Waals surface area contributed by atoms with E-state index in [1.165, 1.54) is 10.4 Å². The minimum absolute atomic E-state index is 0.0277. The molecule has 0 fully saturated rings. The predicted octanol–water partition coefficient (Wildman–Crippen LogP) is 1.89. The number of rotatable bonds is 4. The number of hydrazone groups is 1. The highest BCUT2D eigenvalue weighted by Gasteiger charge is 2.05. The summed E-state index contributed by atoms with van der Waals surface area (Å²) in [4.78, 5) is 13.2. The summed E-state index contributed by atoms with van der Waals surface area (Å²) < 4.78 is 0. The van der Waals surface area contributed by atoms with Crippen LogP contribution in [-0.2, 0) is 11.3 Å². The lowest BCUT2D eigenvalue weighted by Crippen LogP contribution is -2.24. The molecule has 0 saturated carbocycles. The summed E-state index contributed by atoms with van der Waals surface area (Å²) in [5.41, 5.74) is 6.10. The van der Waals surface area contributed by atoms with Crippen molar-refractivity contribution in [2.75, 3.05) is 0 Å². The van der Waals surface area contributed by atoms with Crippen molar-refractivity contribution in [3.05, 3.63) is 59.7 Å². The number of carbonyl (C=O) groups is 1. The maximum absolute atomic E-state index is 11.8. The summed E-state index contributed by atoms with van der Waals surface area (Å²) in [7, 11) is 0. The van der Waals surface area contributed by atoms with Crippen LogP contribution in [0.1, 0.15) is 11.1 Å². The standard InChI is InChI=1S/C16H15N5O/c1-12-6-8-13(9-7-12)10-17-18-16(22)11-21-19-14-4-2-3-5-15(14)20-21/h2-10H,11H2,1H3,(H,18,22). The van der Waals surface area contributed by atoms with Crippen molar-refractivity contribution in [1.82, 2.24) is 20.4 Å². The number of nitrogens with zero attached hydrogens (tertiary/aromatic N) is 4. The van der Waals surface area contributed by atoms with E-state index < -0.39 is 0 Å². The van der Waals surface area contributed by atoms with Gasteiger partial charge in [0, 0.05) is 0 Å². The number of aromatic nitrogens is 3. The minimum Gasteiger partial charge on any atom is -0.271 e. The average molecular weight is 293 g/mol. The number of benzene rings is 2. The molecule has 2 aromatic carbocycles. The maximum atomic E-state index is 11.8. The molecule has 1 heterocycles. The molecule has 0 spiro atoms. The van der Waals surface area contributed by atoms with E-state index >= 15 is 0 Å². The van der Waals surface area contributed by atoms with Gasteiger partial charge in [0.15, 0.2) is 0 Å². The molecule has 6 heteroatoms. The third-order valence-corrected chi connectivity index (χ3v) is 3.09. The summed E-state index contributed by atoms with van der Waals surface area (Å²) in [6.45, 7) is 2.05. The molecule has 0 aliphatic rings. The van der Waals surface area contributed by atoms with Gasteiger partial charge in [0.2, 0.25) is 0 Å². The lowest BCUT2D eigenvalue weighted by molar-refractivity contribution is -0.122. The van der Waals surface area contributed by atoms with Gasteiger partial charge in [-0.2, -0.15) is 20.1 Å². The van der Waals surface area contributed by atoms with Crippen molar-refractivity contribution in [2.45, 2.75) is 13.5 Å². The van der Waals surface area contributed by atoms with Crippen molar-refractivity contribution in [3.8, 4) is 0 Å². The van der Waals surface area contributed by atoms with E-state index in [1.807, 2.05) is 55.5 Å². The number of hydrogen-bond donors (Lipinski definition) is 1. The molecule has 22 heavy (non-hydrogen) atoms. The van der Waals surface area contributed by atoms with E-state index in [2.05, 4.69) is 20.7 Å². The van der Waals surface area contributed by atoms with Gasteiger partial charge in [-0.1, -0.05) is 42.0 Å². The fourth-order valence-electron chi connectivity index (χ4n) is 1.97. The first-order chi connectivity index (χ1) is 10.7. The lowest BCUT2D eigenvalue weighted by Gasteiger charge is -1.99. The Morgan fingerprint density at radius 2 is 1.77 bits per heavy atom. The molecule has 3 aromatic rings. The number of aryl methyl sites for hydroxylation is 1. The van der Waals surface area contributed by atoms with Crippen LogP contribution in [-0.4, -0.2) is 27.1 Å². The van der Waals surface area contributed by atoms with Crippen LogP contribution in [0.25, 0.3) is 11.0 Å². The highest BCUT2D eigenvalue weighted by molar-refractivity contribution is 5.82. The quantitative estimate of drug-likeness (QED) is 0.590. The van der Waals surface area contributed by atoms with Crippen molar-refractivity contribution in [3.63, 3.8) is 0 Å². The minimum atomic E-state index is -0.274. The molecular formula is C16H15N5O. The number of fused-ring (bicyclic) bond motifs is 1. The Hall–Kier alpha value is -3.02. The zero-order valence-electron chi connectivity index (χ0n) is 12.1. The summed E-state index contributed by atoms with van der Waals surface area (Å²) in [6, 6.07) is 15.3. The molecule has 1 aromatic heterocycles. The molecule has 3 rings (SSSR count). The lowest BCUT2D eigenvalue weighted by atomic mass is 10.2. The summed E-state index contributed by atoms with van der Waals surface area (Å²) in [5.74, 6) is -0.274. The molecule has 0 bridgehead atoms. The van der Waals surface area contributed by atoms with Crippen LogP contribution in [0.4, 0.5) is 0 Å². The van der Waals surface area contributed by atoms with Crippen molar-refractivity contribution in [2.24, 2.45) is 5.10 Å². The SMILES string of the molecule is Cc1ccc(C=NNC(=O)Cn2nc3ccccc3n2)cc1. The molecule has 0 radical (unpaired) electrons. The van der Waals surface area contributed by atoms with Gasteiger partial charge in [0.1, 0.15) is 17.6 Å². The van der Waals surface area contributed by atoms with Crippen LogP contribution in [0, 0.1) is 6.92 Å². The Balaban J connectivity index is 1.59. The van der Waals surface area contributed by atoms with Crippen LogP contribution < -0.4 is 5.43 Å². The van der Waals surface area contributed by atoms with Gasteiger partial charge in [-0.25, -0.2) is 5.43 Å². The van der Waals surface area contributed by atoms with Crippen LogP contribution in [0.15, 0.2) is 53.6 Å². The van der Waals surface area contributed by atoms with E-state index in [0.29, 0.717) is 0 Å². The van der Waals surface area contributed by atoms with Gasteiger partial charge < -0.3 is 0 Å². The topological polar surface area (TPSA) is 72.2 Å². The molecule has 0 unspecified atom stereocenters. The van der Waals surface area contributed by atoms with Crippen molar-refractivity contribution < 1.29 is 4.79 Å². The maximum Gasteiger partial charge on any atom is 0.263 e. The fourth-order valence-corrected chi connectivity index (χ4v) is 1.97. The Labute approximate surface area is 127 Å². The fraction of sp³-hybridized carbons (Fsp3) is 0.125. The van der Waals surface area contributed by atoms with Gasteiger partial charge in [-0.05, 0) is 24.6 Å². The highest BCUT2D eigenvalue weighted by Crippen LogP contribution is 2.06. The van der Waals surface area contributed by atoms with Gasteiger partial charge >= 0.3 is 0 Å². The van der Waals surface area contributed by atoms with Crippen LogP contribution in [0.2, 0.25) is 0 Å². The van der Waals surface area contributed by atoms with E-state index in [4.69, 9.17) is 0 Å². The largest absolute Gasteiger partial charge is 0.271 e. The number of amides is 1. The van der Waals surface area contributed by atoms with E-state index in [0.717, 1.165) is 16.6 Å². The number of carbonyl (C=O) groups excluding carboxylic acids is 1. The molecule has 6 nitrogen and oxygen atoms in total. The van der Waals surface area contributed by atoms with Gasteiger partial charge in [-0.15, -0.1) is 0 Å². The summed E-state index contributed by atoms with van der Waals surface area (Å²) in [5, 5.41) is 12.4. The second-order valence-corrected chi connectivity index (χ2v) is 4.92. The third-order valence-electron chi connectivity index (χ3n) is 3.09. The first kappa shape index (κ1) is 13.9. The normalized spacial score (nSPS) is 11.1. The Bertz CT molecular complexity index is 787. The van der Waals surface area contributed by atoms with Crippen LogP contribution in [0.3, 0.4) is 0 Å². The zero-order valence-corrected chi connectivity index (χ0v) is 12.1. The molecule has 0 aliphatic heterocycles. The molecule has 1 amide bonds. The Morgan fingerprint density at radius 1 is 1.14 bits per heavy atom. The van der Waals surface area contributed by atoms with Gasteiger partial charge in [-0.3, -0.25) is 4.79 Å². The molecule has 1 N–H and O–H groups in total. The summed E-state index contributed by atoms with van der Waals surface area (Å²) >= 11 is 0. The monoisotopic (exact) mass is 293 g/mol. The number of nitrogens with one attached hydrogen (secondary N) is 1. The third kappa shape index (κ3) is 3.35. The molecule has 0 aliphatic carbocycles. The van der Waals surface area contributed by atoms with Gasteiger partial charge in [0.05, 0.1) is 6.21 Å². The number of hydrogen-bond acceptors (Lipinski definition) is 4. The highest BCUT2D eigenvalue weighted by atomic mass is 16.2. The smallest absolute Gasteiger partial charge is 0.263 e. The van der Waals surface area contributed by atoms with E-state index in [1.54, 1.807) is 6.21 Å². The molecule has 0 atom stereocenters. The first-order valence-electron chi connectivity index (χ1n) is 6.89. The van der Waals surface area contributed by atoms with Gasteiger partial charge in [0.25, 0.3) is 5.91 Å². The Morgan fingerprint density at radius 3 is 2.41 bits per heavy atom. The van der Waals surface area contributed by atoms with Crippen molar-refractivity contribution >= 4 is 23.2 Å². The molecule has 0 saturated heterocycles.